The predicted octanol–water partition coefficient (Wildman–Crippen LogP) is -4.81. The lowest BCUT2D eigenvalue weighted by Crippen LogP contribution is -2.46. The van der Waals surface area contributed by atoms with E-state index in [0.717, 1.165) is 22.6 Å². The van der Waals surface area contributed by atoms with Gasteiger partial charge in [-0.05, 0) is 0 Å². The van der Waals surface area contributed by atoms with Crippen molar-refractivity contribution in [1.82, 2.24) is 53.6 Å². The summed E-state index contributed by atoms with van der Waals surface area (Å²) in [7, 11) is -15.3. The molecule has 16 atom stereocenters. The van der Waals surface area contributed by atoms with Crippen molar-refractivity contribution in [2.45, 2.75) is 73.6 Å². The Labute approximate surface area is 415 Å². The number of anilines is 2. The molecule has 42 heteroatoms. The summed E-state index contributed by atoms with van der Waals surface area (Å²) in [6.45, 7) is -7.97. The van der Waals surface area contributed by atoms with Gasteiger partial charge in [-0.25, -0.2) is 38.2 Å². The first-order chi connectivity index (χ1) is 34.8. The molecule has 13 N–H and O–H groups in total. The third-order valence-corrected chi connectivity index (χ3v) is 17.2. The van der Waals surface area contributed by atoms with E-state index in [9.17, 15) is 63.3 Å². The van der Waals surface area contributed by atoms with Gasteiger partial charge in [0, 0.05) is 7.11 Å². The second-order valence-corrected chi connectivity index (χ2v) is 23.6. The average molecular weight is 1150 g/mol. The molecule has 0 aliphatic carbocycles. The number of nitrogens with one attached hydrogen (secondary N) is 2. The lowest BCUT2D eigenvalue weighted by molar-refractivity contribution is -0.745. The van der Waals surface area contributed by atoms with E-state index in [4.69, 9.17) is 60.3 Å². The summed E-state index contributed by atoms with van der Waals surface area (Å²) in [6, 6.07) is 0. The van der Waals surface area contributed by atoms with Crippen LogP contribution in [0.4, 0.5) is 11.9 Å². The van der Waals surface area contributed by atoms with Crippen LogP contribution < -0.4 is 32.0 Å². The van der Waals surface area contributed by atoms with Crippen LogP contribution in [0, 0.1) is 0 Å². The number of nitrogens with zero attached hydrogens (tertiary/aromatic N) is 10. The van der Waals surface area contributed by atoms with Gasteiger partial charge in [0.1, 0.15) is 73.5 Å². The molecule has 74 heavy (non-hydrogen) atoms. The number of ether oxygens (including phenoxy) is 4. The van der Waals surface area contributed by atoms with Crippen LogP contribution in [0.2, 0.25) is 0 Å². The van der Waals surface area contributed by atoms with Gasteiger partial charge in [-0.15, -0.1) is 0 Å². The van der Waals surface area contributed by atoms with E-state index in [0.29, 0.717) is 0 Å². The standard InChI is InChI=1S/C32H42N14O23P4S/c1-43-10-46(25-16(43)27(52)42-32(34)40-25)29-20(50)17(47)12(65-29)4-61-70(53,54)68-72(57,58)69-71(55,56)62-6-14-21(22(60-2)30(66-14)44-8-37-11-3-35-7-36-23(11)44)67-73(59,74)63-5-13-18(48)19(49)28(64-13)45-9-38-15-24(45)39-31(33)41-26(15)51/h3,7-10,12-14,17-22,28-30,47-50H,4-6H2,1-2H3,(H9-,33,34,39,40,41,42,51,52,53,54,55,56,57,58,59,74). The number of nitrogens with two attached hydrogens (primary N) is 2. The Bertz CT molecular complexity index is 3420. The summed E-state index contributed by atoms with van der Waals surface area (Å²) in [4.78, 5) is 98.7. The number of imidazole rings is 3. The molecule has 3 aliphatic heterocycles. The highest BCUT2D eigenvalue weighted by Gasteiger charge is 2.52. The summed E-state index contributed by atoms with van der Waals surface area (Å²) in [6.07, 6.45) is -13.3. The predicted molar refractivity (Wildman–Crippen MR) is 239 cm³/mol. The van der Waals surface area contributed by atoms with Crippen molar-refractivity contribution in [3.63, 3.8) is 0 Å². The summed E-state index contributed by atoms with van der Waals surface area (Å²) < 4.78 is 96.1. The number of aromatic nitrogens is 12. The number of rotatable bonds is 19. The molecule has 16 unspecified atom stereocenters. The van der Waals surface area contributed by atoms with Crippen LogP contribution in [-0.4, -0.2) is 171 Å². The molecule has 6 aromatic rings. The van der Waals surface area contributed by atoms with Crippen molar-refractivity contribution in [1.29, 1.82) is 0 Å². The molecule has 9 rings (SSSR count). The second-order valence-electron chi connectivity index (χ2n) is 16.2. The van der Waals surface area contributed by atoms with Gasteiger partial charge in [0.25, 0.3) is 17.1 Å². The summed E-state index contributed by atoms with van der Waals surface area (Å²) in [5, 5.41) is 43.2. The third-order valence-electron chi connectivity index (χ3n) is 11.4. The Morgan fingerprint density at radius 1 is 0.770 bits per heavy atom. The highest BCUT2D eigenvalue weighted by atomic mass is 32.5. The fraction of sp³-hybridized carbons (Fsp3) is 0.531. The van der Waals surface area contributed by atoms with Crippen molar-refractivity contribution in [3.05, 3.63) is 52.2 Å². The van der Waals surface area contributed by atoms with Crippen molar-refractivity contribution in [2.75, 3.05) is 38.4 Å². The molecule has 0 amide bonds. The minimum Gasteiger partial charge on any atom is -0.780 e. The number of H-pyrrole nitrogens is 2. The molecule has 3 saturated heterocycles. The van der Waals surface area contributed by atoms with Crippen LogP contribution in [0.25, 0.3) is 33.5 Å². The van der Waals surface area contributed by atoms with Crippen LogP contribution in [-0.2, 0) is 78.2 Å². The van der Waals surface area contributed by atoms with E-state index < -0.39 is 135 Å². The first-order valence-corrected chi connectivity index (χ1v) is 28.0. The molecule has 404 valence electrons. The van der Waals surface area contributed by atoms with Crippen LogP contribution in [0.1, 0.15) is 18.7 Å². The second kappa shape index (κ2) is 20.4. The van der Waals surface area contributed by atoms with Crippen LogP contribution in [0.5, 0.6) is 0 Å². The number of phosphoric ester groups is 2. The zero-order chi connectivity index (χ0) is 53.4. The van der Waals surface area contributed by atoms with Gasteiger partial charge in [0.2, 0.25) is 17.7 Å². The van der Waals surface area contributed by atoms with E-state index in [1.165, 1.54) is 41.4 Å². The highest BCUT2D eigenvalue weighted by Crippen LogP contribution is 2.68. The SMILES string of the molecule is COC1C(OP([O-])(=S)OCC2OC(n3cnc4c(=O)[nH]c(N)nc43)C(O)C2O)C(COP(=O)(O)OP(=O)(O)OP(=O)(O)OCC2OC([n+]3cn(C)c4c(=O)[nH]c(N)nc43)C(O)C2O)OC1n1cnc2cncnc21. The van der Waals surface area contributed by atoms with Crippen molar-refractivity contribution in [2.24, 2.45) is 7.05 Å². The minimum absolute atomic E-state index is 0.0146. The molecule has 6 aromatic heterocycles. The van der Waals surface area contributed by atoms with E-state index in [1.54, 1.807) is 0 Å². The fourth-order valence-corrected chi connectivity index (χ4v) is 13.1. The highest BCUT2D eigenvalue weighted by molar-refractivity contribution is 8.06. The lowest BCUT2D eigenvalue weighted by Gasteiger charge is -2.34. The Balaban J connectivity index is 0.854. The van der Waals surface area contributed by atoms with Gasteiger partial charge in [-0.2, -0.15) is 13.6 Å². The van der Waals surface area contributed by atoms with E-state index >= 15 is 0 Å². The number of methoxy groups -OCH3 is 1. The summed E-state index contributed by atoms with van der Waals surface area (Å²) >= 11 is 5.17. The normalized spacial score (nSPS) is 30.7. The Hall–Kier alpha value is -4.53. The number of aromatic amines is 2. The van der Waals surface area contributed by atoms with E-state index in [-0.39, 0.29) is 45.4 Å². The van der Waals surface area contributed by atoms with Gasteiger partial charge in [0.05, 0.1) is 45.7 Å². The topological polar surface area (TPSA) is 522 Å². The average Bonchev–Trinajstić information content (AvgIpc) is 4.16. The molecular weight excluding hydrogens is 1100 g/mol. The molecule has 0 aromatic carbocycles. The van der Waals surface area contributed by atoms with Crippen LogP contribution >= 0.6 is 30.2 Å². The number of aliphatic hydroxyl groups excluding tert-OH is 4. The summed E-state index contributed by atoms with van der Waals surface area (Å²) in [5.74, 6) is -0.594. The fourth-order valence-electron chi connectivity index (χ4n) is 8.20. The van der Waals surface area contributed by atoms with Gasteiger partial charge < -0.3 is 79.5 Å². The Morgan fingerprint density at radius 2 is 1.36 bits per heavy atom. The molecule has 37 nitrogen and oxygen atoms in total. The summed E-state index contributed by atoms with van der Waals surface area (Å²) in [5.41, 5.74) is 9.96. The molecule has 3 fully saturated rings. The largest absolute Gasteiger partial charge is 0.780 e. The van der Waals surface area contributed by atoms with Crippen molar-refractivity contribution < 1.29 is 104 Å². The molecule has 9 heterocycles. The number of nitrogen functional groups attached to an aromatic ring is 2. The minimum atomic E-state index is -6.16. The number of hydrogen-bond acceptors (Lipinski definition) is 29. The molecule has 0 radical (unpaired) electrons. The smallest absolute Gasteiger partial charge is 0.490 e. The van der Waals surface area contributed by atoms with Crippen molar-refractivity contribution in [3.8, 4) is 0 Å². The number of hydrogen-bond donors (Lipinski definition) is 11. The number of phosphoric acid groups is 3. The molecule has 0 spiro atoms. The Kier molecular flexibility index (Phi) is 15.0. The van der Waals surface area contributed by atoms with Crippen molar-refractivity contribution >= 4 is 87.4 Å². The lowest BCUT2D eigenvalue weighted by atomic mass is 10.1. The van der Waals surface area contributed by atoms with Gasteiger partial charge in [-0.1, -0.05) is 16.8 Å². The Morgan fingerprint density at radius 3 is 2.07 bits per heavy atom. The zero-order valence-electron chi connectivity index (χ0n) is 37.4. The van der Waals surface area contributed by atoms with Crippen LogP contribution in [0.3, 0.4) is 0 Å². The first kappa shape index (κ1) is 54.3. The molecule has 0 bridgehead atoms. The van der Waals surface area contributed by atoms with Gasteiger partial charge in [-0.3, -0.25) is 42.3 Å². The number of aliphatic hydroxyl groups is 4. The van der Waals surface area contributed by atoms with E-state index in [2.05, 4.69) is 48.5 Å². The van der Waals surface area contributed by atoms with Crippen LogP contribution in [0.15, 0.2) is 41.1 Å². The quantitative estimate of drug-likeness (QED) is 0.0268. The van der Waals surface area contributed by atoms with E-state index in [1.807, 2.05) is 0 Å². The third kappa shape index (κ3) is 10.9. The van der Waals surface area contributed by atoms with Gasteiger partial charge in [0.15, 0.2) is 35.6 Å². The maximum Gasteiger partial charge on any atom is 0.490 e. The van der Waals surface area contributed by atoms with Gasteiger partial charge >= 0.3 is 29.1 Å². The number of fused-ring (bicyclic) bond motifs is 3. The maximum atomic E-state index is 13.9. The monoisotopic (exact) mass is 1150 g/mol. The molecular formula is C32H42N14O23P4S. The zero-order valence-corrected chi connectivity index (χ0v) is 41.8. The maximum absolute atomic E-state index is 13.9. The molecule has 0 saturated carbocycles. The first-order valence-electron chi connectivity index (χ1n) is 20.9. The number of aryl methyl sites for hydroxylation is 1. The molecule has 3 aliphatic rings.